The molecule has 1 aliphatic heterocycles. The van der Waals surface area contributed by atoms with E-state index >= 15 is 0 Å². The predicted molar refractivity (Wildman–Crippen MR) is 70.2 cm³/mol. The number of carboxylic acid groups (broad SMARTS) is 1. The Bertz CT molecular complexity index is 419. The molecule has 18 heavy (non-hydrogen) atoms. The first-order valence-electron chi connectivity index (χ1n) is 6.17. The molecular weight excluding hydrogens is 230 g/mol. The van der Waals surface area contributed by atoms with Crippen molar-refractivity contribution in [3.63, 3.8) is 0 Å². The first-order chi connectivity index (χ1) is 8.55. The highest BCUT2D eigenvalue weighted by molar-refractivity contribution is 5.74. The van der Waals surface area contributed by atoms with E-state index < -0.39 is 11.4 Å². The van der Waals surface area contributed by atoms with Crippen molar-refractivity contribution in [3.8, 4) is 5.75 Å². The molecule has 0 amide bonds. The number of hydrogen-bond acceptors (Lipinski definition) is 3. The van der Waals surface area contributed by atoms with Crippen molar-refractivity contribution < 1.29 is 14.6 Å². The van der Waals surface area contributed by atoms with Gasteiger partial charge in [0.2, 0.25) is 0 Å². The molecule has 1 fully saturated rings. The van der Waals surface area contributed by atoms with Gasteiger partial charge in [0.15, 0.2) is 0 Å². The molecule has 2 rings (SSSR count). The lowest BCUT2D eigenvalue weighted by Crippen LogP contribution is -2.42. The van der Waals surface area contributed by atoms with Crippen LogP contribution in [0.4, 0.5) is 5.69 Å². The summed E-state index contributed by atoms with van der Waals surface area (Å²) in [5.41, 5.74) is 0.562. The second-order valence-electron chi connectivity index (χ2n) is 5.05. The van der Waals surface area contributed by atoms with Gasteiger partial charge in [-0.25, -0.2) is 0 Å². The van der Waals surface area contributed by atoms with E-state index in [1.165, 1.54) is 0 Å². The minimum Gasteiger partial charge on any atom is -0.497 e. The molecule has 1 aromatic carbocycles. The molecule has 98 valence electrons. The molecule has 1 heterocycles. The quantitative estimate of drug-likeness (QED) is 0.893. The molecule has 1 saturated heterocycles. The number of nitrogens with zero attached hydrogens (tertiary/aromatic N) is 1. The van der Waals surface area contributed by atoms with Crippen LogP contribution in [-0.2, 0) is 4.79 Å². The van der Waals surface area contributed by atoms with Crippen LogP contribution in [-0.4, -0.2) is 31.3 Å². The molecule has 4 nitrogen and oxygen atoms in total. The second-order valence-corrected chi connectivity index (χ2v) is 5.05. The predicted octanol–water partition coefficient (Wildman–Crippen LogP) is 2.39. The zero-order chi connectivity index (χ0) is 13.2. The topological polar surface area (TPSA) is 49.8 Å². The number of piperidine rings is 1. The summed E-state index contributed by atoms with van der Waals surface area (Å²) in [6, 6.07) is 7.89. The summed E-state index contributed by atoms with van der Waals surface area (Å²) in [6.45, 7) is 3.41. The van der Waals surface area contributed by atoms with Crippen LogP contribution in [0.25, 0.3) is 0 Å². The third-order valence-electron chi connectivity index (χ3n) is 3.82. The lowest BCUT2D eigenvalue weighted by molar-refractivity contribution is -0.149. The van der Waals surface area contributed by atoms with E-state index in [1.54, 1.807) is 7.11 Å². The Morgan fingerprint density at radius 3 is 2.28 bits per heavy atom. The highest BCUT2D eigenvalue weighted by atomic mass is 16.5. The summed E-state index contributed by atoms with van der Waals surface area (Å²) < 4.78 is 5.12. The summed E-state index contributed by atoms with van der Waals surface area (Å²) in [4.78, 5) is 13.4. The Balaban J connectivity index is 2.03. The molecule has 0 saturated carbocycles. The summed E-state index contributed by atoms with van der Waals surface area (Å²) in [5.74, 6) is 0.156. The third-order valence-corrected chi connectivity index (χ3v) is 3.82. The number of ether oxygens (including phenoxy) is 1. The number of hydrogen-bond donors (Lipinski definition) is 1. The Labute approximate surface area is 107 Å². The van der Waals surface area contributed by atoms with E-state index in [2.05, 4.69) is 4.90 Å². The van der Waals surface area contributed by atoms with E-state index in [0.29, 0.717) is 12.8 Å². The first-order valence-corrected chi connectivity index (χ1v) is 6.17. The van der Waals surface area contributed by atoms with Crippen molar-refractivity contribution in [2.75, 3.05) is 25.1 Å². The van der Waals surface area contributed by atoms with Crippen LogP contribution in [0.3, 0.4) is 0 Å². The van der Waals surface area contributed by atoms with Crippen LogP contribution >= 0.6 is 0 Å². The Kier molecular flexibility index (Phi) is 3.45. The van der Waals surface area contributed by atoms with Gasteiger partial charge in [-0.3, -0.25) is 4.79 Å². The Morgan fingerprint density at radius 1 is 1.28 bits per heavy atom. The monoisotopic (exact) mass is 249 g/mol. The summed E-state index contributed by atoms with van der Waals surface area (Å²) in [6.07, 6.45) is 1.38. The van der Waals surface area contributed by atoms with E-state index in [-0.39, 0.29) is 0 Å². The number of anilines is 1. The van der Waals surface area contributed by atoms with Gasteiger partial charge in [-0.1, -0.05) is 0 Å². The van der Waals surface area contributed by atoms with Crippen LogP contribution in [0.15, 0.2) is 24.3 Å². The molecular formula is C14H19NO3. The maximum absolute atomic E-state index is 11.2. The normalized spacial score (nSPS) is 18.4. The smallest absolute Gasteiger partial charge is 0.309 e. The van der Waals surface area contributed by atoms with E-state index in [1.807, 2.05) is 31.2 Å². The summed E-state index contributed by atoms with van der Waals surface area (Å²) in [7, 11) is 1.65. The lowest BCUT2D eigenvalue weighted by Gasteiger charge is -2.37. The lowest BCUT2D eigenvalue weighted by atomic mass is 9.80. The fraction of sp³-hybridized carbons (Fsp3) is 0.500. The fourth-order valence-electron chi connectivity index (χ4n) is 2.27. The van der Waals surface area contributed by atoms with Crippen LogP contribution in [0.1, 0.15) is 19.8 Å². The largest absolute Gasteiger partial charge is 0.497 e. The van der Waals surface area contributed by atoms with Crippen molar-refractivity contribution in [3.05, 3.63) is 24.3 Å². The highest BCUT2D eigenvalue weighted by Crippen LogP contribution is 2.33. The van der Waals surface area contributed by atoms with Crippen LogP contribution < -0.4 is 9.64 Å². The Morgan fingerprint density at radius 2 is 1.83 bits per heavy atom. The molecule has 0 aromatic heterocycles. The van der Waals surface area contributed by atoms with Crippen molar-refractivity contribution in [2.24, 2.45) is 5.41 Å². The van der Waals surface area contributed by atoms with Crippen molar-refractivity contribution in [1.29, 1.82) is 0 Å². The standard InChI is InChI=1S/C14H19NO3/c1-14(13(16)17)7-9-15(10-8-14)11-3-5-12(18-2)6-4-11/h3-6H,7-10H2,1-2H3,(H,16,17). The molecule has 0 radical (unpaired) electrons. The van der Waals surface area contributed by atoms with Gasteiger partial charge >= 0.3 is 5.97 Å². The zero-order valence-electron chi connectivity index (χ0n) is 10.8. The van der Waals surface area contributed by atoms with Crippen molar-refractivity contribution in [1.82, 2.24) is 0 Å². The molecule has 0 spiro atoms. The van der Waals surface area contributed by atoms with Gasteiger partial charge in [0, 0.05) is 18.8 Å². The number of rotatable bonds is 3. The fourth-order valence-corrected chi connectivity index (χ4v) is 2.27. The maximum Gasteiger partial charge on any atom is 0.309 e. The van der Waals surface area contributed by atoms with Gasteiger partial charge in [-0.05, 0) is 44.0 Å². The summed E-state index contributed by atoms with van der Waals surface area (Å²) >= 11 is 0. The first kappa shape index (κ1) is 12.7. The molecule has 4 heteroatoms. The van der Waals surface area contributed by atoms with Crippen LogP contribution in [0.2, 0.25) is 0 Å². The number of methoxy groups -OCH3 is 1. The molecule has 0 atom stereocenters. The summed E-state index contributed by atoms with van der Waals surface area (Å²) in [5, 5.41) is 9.19. The second kappa shape index (κ2) is 4.88. The average Bonchev–Trinajstić information content (AvgIpc) is 2.40. The third kappa shape index (κ3) is 2.42. The average molecular weight is 249 g/mol. The molecule has 0 aliphatic carbocycles. The van der Waals surface area contributed by atoms with Crippen LogP contribution in [0.5, 0.6) is 5.75 Å². The van der Waals surface area contributed by atoms with Crippen molar-refractivity contribution in [2.45, 2.75) is 19.8 Å². The van der Waals surface area contributed by atoms with E-state index in [4.69, 9.17) is 4.74 Å². The van der Waals surface area contributed by atoms with Gasteiger partial charge in [0.1, 0.15) is 5.75 Å². The molecule has 0 unspecified atom stereocenters. The Hall–Kier alpha value is -1.71. The van der Waals surface area contributed by atoms with Gasteiger partial charge in [0.25, 0.3) is 0 Å². The number of aliphatic carboxylic acids is 1. The van der Waals surface area contributed by atoms with Gasteiger partial charge in [-0.15, -0.1) is 0 Å². The maximum atomic E-state index is 11.2. The van der Waals surface area contributed by atoms with E-state index in [9.17, 15) is 9.90 Å². The SMILES string of the molecule is COc1ccc(N2CCC(C)(C(=O)O)CC2)cc1. The number of carboxylic acids is 1. The van der Waals surface area contributed by atoms with Crippen LogP contribution in [0, 0.1) is 5.41 Å². The van der Waals surface area contributed by atoms with Crippen molar-refractivity contribution >= 4 is 11.7 Å². The minimum absolute atomic E-state index is 0.566. The van der Waals surface area contributed by atoms with Gasteiger partial charge in [-0.2, -0.15) is 0 Å². The molecule has 1 aliphatic rings. The molecule has 1 aromatic rings. The van der Waals surface area contributed by atoms with Gasteiger partial charge in [0.05, 0.1) is 12.5 Å². The zero-order valence-corrected chi connectivity index (χ0v) is 10.8. The highest BCUT2D eigenvalue weighted by Gasteiger charge is 2.36. The minimum atomic E-state index is -0.683. The molecule has 1 N–H and O–H groups in total. The van der Waals surface area contributed by atoms with E-state index in [0.717, 1.165) is 24.5 Å². The number of carbonyl (C=O) groups is 1. The number of benzene rings is 1. The van der Waals surface area contributed by atoms with Gasteiger partial charge < -0.3 is 14.7 Å². The molecule has 0 bridgehead atoms.